The van der Waals surface area contributed by atoms with Gasteiger partial charge in [-0.1, -0.05) is 12.8 Å². The van der Waals surface area contributed by atoms with Crippen LogP contribution in [0.25, 0.3) is 0 Å². The summed E-state index contributed by atoms with van der Waals surface area (Å²) >= 11 is 2.04. The zero-order valence-corrected chi connectivity index (χ0v) is 10.1. The highest BCUT2D eigenvalue weighted by Gasteiger charge is 2.16. The molecule has 0 aliphatic heterocycles. The zero-order valence-electron chi connectivity index (χ0n) is 7.95. The Kier molecular flexibility index (Phi) is 3.20. The number of nitrogens with zero attached hydrogens (tertiary/aromatic N) is 2. The molecule has 0 saturated heterocycles. The van der Waals surface area contributed by atoms with E-state index >= 15 is 0 Å². The maximum atomic E-state index is 11.7. The molecular weight excluding hydrogens is 291 g/mol. The molecular formula is C10H13IN2O. The average Bonchev–Trinajstić information content (AvgIpc) is 2.66. The van der Waals surface area contributed by atoms with Crippen molar-refractivity contribution in [2.45, 2.75) is 32.2 Å². The zero-order chi connectivity index (χ0) is 9.97. The van der Waals surface area contributed by atoms with Gasteiger partial charge in [0.2, 0.25) is 0 Å². The molecule has 0 spiro atoms. The summed E-state index contributed by atoms with van der Waals surface area (Å²) in [6, 6.07) is 0. The lowest BCUT2D eigenvalue weighted by Gasteiger charge is -2.10. The monoisotopic (exact) mass is 304 g/mol. The maximum absolute atomic E-state index is 11.7. The van der Waals surface area contributed by atoms with Crippen molar-refractivity contribution in [2.24, 2.45) is 5.92 Å². The van der Waals surface area contributed by atoms with Crippen LogP contribution in [0.1, 0.15) is 25.7 Å². The van der Waals surface area contributed by atoms with Gasteiger partial charge in [0.25, 0.3) is 5.56 Å². The average molecular weight is 304 g/mol. The van der Waals surface area contributed by atoms with Crippen molar-refractivity contribution in [1.29, 1.82) is 0 Å². The Balaban J connectivity index is 2.16. The van der Waals surface area contributed by atoms with Gasteiger partial charge in [0.05, 0.1) is 9.90 Å². The first-order valence-corrected chi connectivity index (χ1v) is 6.05. The van der Waals surface area contributed by atoms with E-state index < -0.39 is 0 Å². The van der Waals surface area contributed by atoms with Crippen molar-refractivity contribution in [3.8, 4) is 0 Å². The highest BCUT2D eigenvalue weighted by molar-refractivity contribution is 14.1. The Labute approximate surface area is 96.7 Å². The minimum absolute atomic E-state index is 0.104. The van der Waals surface area contributed by atoms with E-state index in [4.69, 9.17) is 0 Å². The van der Waals surface area contributed by atoms with Gasteiger partial charge in [-0.15, -0.1) is 0 Å². The molecule has 0 radical (unpaired) electrons. The number of aromatic nitrogens is 2. The van der Waals surface area contributed by atoms with Crippen molar-refractivity contribution in [2.75, 3.05) is 0 Å². The van der Waals surface area contributed by atoms with Gasteiger partial charge in [-0.25, -0.2) is 4.98 Å². The van der Waals surface area contributed by atoms with E-state index in [0.717, 1.165) is 6.54 Å². The summed E-state index contributed by atoms with van der Waals surface area (Å²) in [5.41, 5.74) is 0.104. The summed E-state index contributed by atoms with van der Waals surface area (Å²) in [5, 5.41) is 0. The quantitative estimate of drug-likeness (QED) is 0.784. The van der Waals surface area contributed by atoms with E-state index in [1.165, 1.54) is 25.7 Å². The number of rotatable bonds is 2. The van der Waals surface area contributed by atoms with Gasteiger partial charge in [0.1, 0.15) is 0 Å². The van der Waals surface area contributed by atoms with Crippen LogP contribution in [-0.4, -0.2) is 9.55 Å². The lowest BCUT2D eigenvalue weighted by molar-refractivity contribution is 0.444. The van der Waals surface area contributed by atoms with Gasteiger partial charge in [0, 0.05) is 12.7 Å². The minimum Gasteiger partial charge on any atom is -0.298 e. The van der Waals surface area contributed by atoms with E-state index in [-0.39, 0.29) is 5.56 Å². The van der Waals surface area contributed by atoms with E-state index in [9.17, 15) is 4.79 Å². The summed E-state index contributed by atoms with van der Waals surface area (Å²) in [5.74, 6) is 0.688. The number of halogens is 1. The first-order valence-electron chi connectivity index (χ1n) is 4.97. The summed E-state index contributed by atoms with van der Waals surface area (Å²) in [6.45, 7) is 0.850. The van der Waals surface area contributed by atoms with Crippen molar-refractivity contribution >= 4 is 22.6 Å². The largest absolute Gasteiger partial charge is 0.298 e. The lowest BCUT2D eigenvalue weighted by atomic mass is 10.1. The van der Waals surface area contributed by atoms with Crippen LogP contribution in [0.2, 0.25) is 0 Å². The summed E-state index contributed by atoms with van der Waals surface area (Å²) < 4.78 is 2.46. The smallest absolute Gasteiger partial charge is 0.266 e. The fraction of sp³-hybridized carbons (Fsp3) is 0.600. The summed E-state index contributed by atoms with van der Waals surface area (Å²) in [6.07, 6.45) is 8.43. The van der Waals surface area contributed by atoms with Crippen molar-refractivity contribution in [3.63, 3.8) is 0 Å². The second-order valence-corrected chi connectivity index (χ2v) is 5.01. The molecule has 2 rings (SSSR count). The van der Waals surface area contributed by atoms with Gasteiger partial charge >= 0.3 is 0 Å². The van der Waals surface area contributed by atoms with Crippen LogP contribution < -0.4 is 5.56 Å². The summed E-state index contributed by atoms with van der Waals surface area (Å²) in [7, 11) is 0. The SMILES string of the molecule is O=c1c(I)cncn1CC1CCCC1. The van der Waals surface area contributed by atoms with Crippen LogP contribution in [0, 0.1) is 9.49 Å². The predicted molar refractivity (Wildman–Crippen MR) is 63.2 cm³/mol. The van der Waals surface area contributed by atoms with Crippen molar-refractivity contribution < 1.29 is 0 Å². The van der Waals surface area contributed by atoms with Crippen LogP contribution in [-0.2, 0) is 6.54 Å². The third kappa shape index (κ3) is 2.16. The molecule has 1 aliphatic carbocycles. The molecule has 4 heteroatoms. The molecule has 0 N–H and O–H groups in total. The van der Waals surface area contributed by atoms with Crippen molar-refractivity contribution in [3.05, 3.63) is 26.4 Å². The number of hydrogen-bond acceptors (Lipinski definition) is 2. The maximum Gasteiger partial charge on any atom is 0.266 e. The van der Waals surface area contributed by atoms with E-state index in [1.807, 2.05) is 22.6 Å². The van der Waals surface area contributed by atoms with Gasteiger partial charge in [-0.2, -0.15) is 0 Å². The standard InChI is InChI=1S/C10H13IN2O/c11-9-5-12-7-13(10(9)14)6-8-3-1-2-4-8/h5,7-8H,1-4,6H2. The van der Waals surface area contributed by atoms with Gasteiger partial charge < -0.3 is 0 Å². The topological polar surface area (TPSA) is 34.9 Å². The molecule has 14 heavy (non-hydrogen) atoms. The Hall–Kier alpha value is -0.390. The molecule has 1 heterocycles. The van der Waals surface area contributed by atoms with Crippen LogP contribution >= 0.6 is 22.6 Å². The predicted octanol–water partition coefficient (Wildman–Crippen LogP) is 2.04. The fourth-order valence-corrected chi connectivity index (χ4v) is 2.50. The third-order valence-electron chi connectivity index (χ3n) is 2.79. The molecule has 0 bridgehead atoms. The molecule has 1 aliphatic rings. The Morgan fingerprint density at radius 1 is 1.50 bits per heavy atom. The normalized spacial score (nSPS) is 17.5. The van der Waals surface area contributed by atoms with Crippen LogP contribution in [0.3, 0.4) is 0 Å². The van der Waals surface area contributed by atoms with Crippen LogP contribution in [0.15, 0.2) is 17.3 Å². The molecule has 1 saturated carbocycles. The molecule has 3 nitrogen and oxygen atoms in total. The molecule has 1 aromatic heterocycles. The minimum atomic E-state index is 0.104. The van der Waals surface area contributed by atoms with E-state index in [1.54, 1.807) is 17.1 Å². The first kappa shape index (κ1) is 10.1. The molecule has 1 aromatic rings. The second-order valence-electron chi connectivity index (χ2n) is 3.85. The van der Waals surface area contributed by atoms with Gasteiger partial charge in [0.15, 0.2) is 0 Å². The first-order chi connectivity index (χ1) is 6.77. The second kappa shape index (κ2) is 4.42. The molecule has 0 aromatic carbocycles. The van der Waals surface area contributed by atoms with Crippen LogP contribution in [0.4, 0.5) is 0 Å². The van der Waals surface area contributed by atoms with Gasteiger partial charge in [-0.05, 0) is 41.4 Å². The van der Waals surface area contributed by atoms with Crippen LogP contribution in [0.5, 0.6) is 0 Å². The highest BCUT2D eigenvalue weighted by Crippen LogP contribution is 2.25. The third-order valence-corrected chi connectivity index (χ3v) is 3.53. The Bertz CT molecular complexity index is 369. The Morgan fingerprint density at radius 2 is 2.21 bits per heavy atom. The van der Waals surface area contributed by atoms with E-state index in [2.05, 4.69) is 4.98 Å². The molecule has 0 atom stereocenters. The molecule has 0 amide bonds. The summed E-state index contributed by atoms with van der Waals surface area (Å²) in [4.78, 5) is 15.7. The van der Waals surface area contributed by atoms with Crippen molar-refractivity contribution in [1.82, 2.24) is 9.55 Å². The Morgan fingerprint density at radius 3 is 2.93 bits per heavy atom. The fourth-order valence-electron chi connectivity index (χ4n) is 2.03. The van der Waals surface area contributed by atoms with E-state index in [0.29, 0.717) is 9.49 Å². The van der Waals surface area contributed by atoms with Gasteiger partial charge in [-0.3, -0.25) is 9.36 Å². The molecule has 0 unspecified atom stereocenters. The molecule has 1 fully saturated rings. The highest BCUT2D eigenvalue weighted by atomic mass is 127. The molecule has 76 valence electrons. The number of hydrogen-bond donors (Lipinski definition) is 0. The lowest BCUT2D eigenvalue weighted by Crippen LogP contribution is -2.25.